The van der Waals surface area contributed by atoms with Gasteiger partial charge in [-0.1, -0.05) is 26.0 Å². The molecule has 0 fully saturated rings. The Morgan fingerprint density at radius 3 is 2.25 bits per heavy atom. The number of likely N-dealkylation sites (N-methyl/N-ethyl adjacent to an activating group) is 1. The molecule has 0 bridgehead atoms. The predicted molar refractivity (Wildman–Crippen MR) is 108 cm³/mol. The van der Waals surface area contributed by atoms with Gasteiger partial charge in [0.2, 0.25) is 0 Å². The van der Waals surface area contributed by atoms with Crippen molar-refractivity contribution in [2.24, 2.45) is 0 Å². The molecule has 0 aliphatic heterocycles. The van der Waals surface area contributed by atoms with E-state index in [9.17, 15) is 19.7 Å². The Balaban J connectivity index is 1.96. The number of hydrogen-bond donors (Lipinski definition) is 2. The molecule has 28 heavy (non-hydrogen) atoms. The summed E-state index contributed by atoms with van der Waals surface area (Å²) in [4.78, 5) is 37.2. The number of carbonyl (C=O) groups excluding carboxylic acids is 2. The highest BCUT2D eigenvalue weighted by atomic mass is 16.6. The van der Waals surface area contributed by atoms with Crippen LogP contribution >= 0.6 is 0 Å². The van der Waals surface area contributed by atoms with E-state index in [2.05, 4.69) is 29.4 Å². The van der Waals surface area contributed by atoms with E-state index in [1.54, 1.807) is 30.3 Å². The highest BCUT2D eigenvalue weighted by Gasteiger charge is 2.19. The van der Waals surface area contributed by atoms with Gasteiger partial charge in [-0.25, -0.2) is 0 Å². The summed E-state index contributed by atoms with van der Waals surface area (Å²) in [6.07, 6.45) is 0. The highest BCUT2D eigenvalue weighted by molar-refractivity contribution is 6.07. The monoisotopic (exact) mass is 384 g/mol. The van der Waals surface area contributed by atoms with Gasteiger partial charge < -0.3 is 15.5 Å². The average molecular weight is 384 g/mol. The molecular weight excluding hydrogens is 360 g/mol. The fourth-order valence-electron chi connectivity index (χ4n) is 2.70. The van der Waals surface area contributed by atoms with Gasteiger partial charge in [0.05, 0.1) is 4.92 Å². The summed E-state index contributed by atoms with van der Waals surface area (Å²) in [5.41, 5.74) is 0.640. The molecular formula is C20H24N4O4. The van der Waals surface area contributed by atoms with Crippen molar-refractivity contribution < 1.29 is 14.5 Å². The van der Waals surface area contributed by atoms with Crippen molar-refractivity contribution >= 4 is 23.2 Å². The first-order valence-corrected chi connectivity index (χ1v) is 9.11. The lowest BCUT2D eigenvalue weighted by molar-refractivity contribution is -0.385. The van der Waals surface area contributed by atoms with E-state index in [-0.39, 0.29) is 17.2 Å². The number of rotatable bonds is 9. The minimum Gasteiger partial charge on any atom is -0.351 e. The first-order chi connectivity index (χ1) is 13.5. The van der Waals surface area contributed by atoms with Crippen LogP contribution in [0.1, 0.15) is 34.6 Å². The van der Waals surface area contributed by atoms with Crippen LogP contribution in [-0.4, -0.2) is 47.8 Å². The largest absolute Gasteiger partial charge is 0.351 e. The molecule has 2 amide bonds. The molecule has 0 unspecified atom stereocenters. The van der Waals surface area contributed by atoms with E-state index in [4.69, 9.17) is 0 Å². The number of nitro benzene ring substituents is 1. The lowest BCUT2D eigenvalue weighted by Gasteiger charge is -2.18. The first kappa shape index (κ1) is 21.0. The maximum absolute atomic E-state index is 12.3. The Morgan fingerprint density at radius 2 is 1.64 bits per heavy atom. The molecule has 2 aromatic carbocycles. The fourth-order valence-corrected chi connectivity index (χ4v) is 2.70. The average Bonchev–Trinajstić information content (AvgIpc) is 2.71. The molecule has 2 N–H and O–H groups in total. The number of hydrogen-bond acceptors (Lipinski definition) is 5. The molecule has 2 aromatic rings. The zero-order chi connectivity index (χ0) is 20.5. The molecule has 0 saturated heterocycles. The first-order valence-electron chi connectivity index (χ1n) is 9.11. The Labute approximate surface area is 163 Å². The molecule has 0 aromatic heterocycles. The standard InChI is InChI=1S/C20H24N4O4/c1-3-23(4-2)14-13-21-19(25)15-9-11-16(12-10-15)22-20(26)17-7-5-6-8-18(17)24(27)28/h5-12H,3-4,13-14H2,1-2H3,(H,21,25)(H,22,26). The van der Waals surface area contributed by atoms with Crippen molar-refractivity contribution in [2.45, 2.75) is 13.8 Å². The van der Waals surface area contributed by atoms with Crippen molar-refractivity contribution in [1.29, 1.82) is 0 Å². The van der Waals surface area contributed by atoms with Crippen LogP contribution in [0.3, 0.4) is 0 Å². The number of benzene rings is 2. The van der Waals surface area contributed by atoms with Gasteiger partial charge in [-0.2, -0.15) is 0 Å². The van der Waals surface area contributed by atoms with E-state index in [1.165, 1.54) is 18.2 Å². The quantitative estimate of drug-likeness (QED) is 0.511. The lowest BCUT2D eigenvalue weighted by atomic mass is 10.1. The zero-order valence-electron chi connectivity index (χ0n) is 16.0. The van der Waals surface area contributed by atoms with Gasteiger partial charge in [-0.3, -0.25) is 19.7 Å². The lowest BCUT2D eigenvalue weighted by Crippen LogP contribution is -2.34. The third-order valence-corrected chi connectivity index (χ3v) is 4.36. The van der Waals surface area contributed by atoms with Crippen molar-refractivity contribution in [3.63, 3.8) is 0 Å². The predicted octanol–water partition coefficient (Wildman–Crippen LogP) is 2.92. The summed E-state index contributed by atoms with van der Waals surface area (Å²) in [6, 6.07) is 12.1. The molecule has 8 nitrogen and oxygen atoms in total. The Bertz CT molecular complexity index is 832. The van der Waals surface area contributed by atoms with Gasteiger partial charge in [-0.05, 0) is 43.4 Å². The second-order valence-corrected chi connectivity index (χ2v) is 6.09. The van der Waals surface area contributed by atoms with Gasteiger partial charge in [-0.15, -0.1) is 0 Å². The fraction of sp³-hybridized carbons (Fsp3) is 0.300. The van der Waals surface area contributed by atoms with Crippen LogP contribution in [-0.2, 0) is 0 Å². The molecule has 0 heterocycles. The summed E-state index contributed by atoms with van der Waals surface area (Å²) in [6.45, 7) is 7.34. The van der Waals surface area contributed by atoms with Gasteiger partial charge in [0.1, 0.15) is 5.56 Å². The van der Waals surface area contributed by atoms with Gasteiger partial charge in [0.15, 0.2) is 0 Å². The second-order valence-electron chi connectivity index (χ2n) is 6.09. The normalized spacial score (nSPS) is 10.5. The van der Waals surface area contributed by atoms with E-state index in [0.29, 0.717) is 17.8 Å². The molecule has 0 radical (unpaired) electrons. The van der Waals surface area contributed by atoms with Gasteiger partial charge in [0, 0.05) is 30.4 Å². The van der Waals surface area contributed by atoms with Gasteiger partial charge in [0.25, 0.3) is 17.5 Å². The summed E-state index contributed by atoms with van der Waals surface area (Å²) in [5.74, 6) is -0.771. The molecule has 8 heteroatoms. The zero-order valence-corrected chi connectivity index (χ0v) is 16.0. The number of nitrogens with zero attached hydrogens (tertiary/aromatic N) is 2. The van der Waals surface area contributed by atoms with Crippen molar-refractivity contribution in [3.05, 3.63) is 69.8 Å². The molecule has 0 aliphatic carbocycles. The van der Waals surface area contributed by atoms with E-state index >= 15 is 0 Å². The van der Waals surface area contributed by atoms with E-state index in [1.807, 2.05) is 0 Å². The minimum absolute atomic E-state index is 0.0225. The smallest absolute Gasteiger partial charge is 0.282 e. The van der Waals surface area contributed by atoms with Crippen molar-refractivity contribution in [2.75, 3.05) is 31.5 Å². The number of anilines is 1. The Hall–Kier alpha value is -3.26. The number of nitrogens with one attached hydrogen (secondary N) is 2. The highest BCUT2D eigenvalue weighted by Crippen LogP contribution is 2.19. The molecule has 0 spiro atoms. The van der Waals surface area contributed by atoms with E-state index in [0.717, 1.165) is 19.6 Å². The van der Waals surface area contributed by atoms with Gasteiger partial charge >= 0.3 is 0 Å². The van der Waals surface area contributed by atoms with Crippen LogP contribution in [0.15, 0.2) is 48.5 Å². The Morgan fingerprint density at radius 1 is 1.00 bits per heavy atom. The summed E-state index contributed by atoms with van der Waals surface area (Å²) >= 11 is 0. The summed E-state index contributed by atoms with van der Waals surface area (Å²) in [5, 5.41) is 16.5. The van der Waals surface area contributed by atoms with Crippen molar-refractivity contribution in [1.82, 2.24) is 10.2 Å². The summed E-state index contributed by atoms with van der Waals surface area (Å²) in [7, 11) is 0. The van der Waals surface area contributed by atoms with Crippen LogP contribution in [0.4, 0.5) is 11.4 Å². The molecule has 0 aliphatic rings. The van der Waals surface area contributed by atoms with Crippen LogP contribution in [0.2, 0.25) is 0 Å². The minimum atomic E-state index is -0.597. The molecule has 0 saturated carbocycles. The number of para-hydroxylation sites is 1. The third kappa shape index (κ3) is 5.62. The van der Waals surface area contributed by atoms with Crippen LogP contribution < -0.4 is 10.6 Å². The van der Waals surface area contributed by atoms with Crippen molar-refractivity contribution in [3.8, 4) is 0 Å². The number of carbonyl (C=O) groups is 2. The topological polar surface area (TPSA) is 105 Å². The molecule has 0 atom stereocenters. The SMILES string of the molecule is CCN(CC)CCNC(=O)c1ccc(NC(=O)c2ccccc2[N+](=O)[O-])cc1. The number of nitro groups is 1. The second kappa shape index (κ2) is 10.2. The third-order valence-electron chi connectivity index (χ3n) is 4.36. The van der Waals surface area contributed by atoms with Crippen LogP contribution in [0.5, 0.6) is 0 Å². The number of amides is 2. The Kier molecular flexibility index (Phi) is 7.65. The van der Waals surface area contributed by atoms with Crippen LogP contribution in [0.25, 0.3) is 0 Å². The van der Waals surface area contributed by atoms with E-state index < -0.39 is 10.8 Å². The molecule has 148 valence electrons. The maximum Gasteiger partial charge on any atom is 0.282 e. The molecule has 2 rings (SSSR count). The maximum atomic E-state index is 12.3. The summed E-state index contributed by atoms with van der Waals surface area (Å²) < 4.78 is 0. The van der Waals surface area contributed by atoms with Crippen LogP contribution in [0, 0.1) is 10.1 Å².